The van der Waals surface area contributed by atoms with Crippen LogP contribution in [0, 0.1) is 0 Å². The Morgan fingerprint density at radius 1 is 1.11 bits per heavy atom. The van der Waals surface area contributed by atoms with E-state index in [1.807, 2.05) is 30.5 Å². The van der Waals surface area contributed by atoms with E-state index in [0.717, 1.165) is 25.9 Å². The first-order valence-electron chi connectivity index (χ1n) is 5.59. The van der Waals surface area contributed by atoms with Gasteiger partial charge in [-0.25, -0.2) is 0 Å². The fourth-order valence-electron chi connectivity index (χ4n) is 1.30. The van der Waals surface area contributed by atoms with Crippen LogP contribution >= 0.6 is 34.9 Å². The zero-order chi connectivity index (χ0) is 13.5. The van der Waals surface area contributed by atoms with Gasteiger partial charge in [-0.1, -0.05) is 34.9 Å². The maximum Gasteiger partial charge on any atom is 0.175 e. The Morgan fingerprint density at radius 2 is 1.79 bits per heavy atom. The summed E-state index contributed by atoms with van der Waals surface area (Å²) in [4.78, 5) is 0. The van der Waals surface area contributed by atoms with Crippen molar-refractivity contribution in [3.63, 3.8) is 0 Å². The maximum absolute atomic E-state index is 5.64. The predicted molar refractivity (Wildman–Crippen MR) is 80.9 cm³/mol. The Kier molecular flexibility index (Phi) is 5.81. The highest BCUT2D eigenvalue weighted by atomic mass is 32.2. The highest BCUT2D eigenvalue weighted by Crippen LogP contribution is 2.27. The molecule has 0 saturated heterocycles. The lowest BCUT2D eigenvalue weighted by molar-refractivity contribution is 0.342. The Labute approximate surface area is 124 Å². The van der Waals surface area contributed by atoms with Crippen LogP contribution in [0.1, 0.15) is 0 Å². The Bertz CT molecular complexity index is 502. The van der Waals surface area contributed by atoms with Gasteiger partial charge < -0.3 is 9.47 Å². The van der Waals surface area contributed by atoms with Crippen molar-refractivity contribution in [3.05, 3.63) is 24.3 Å². The van der Waals surface area contributed by atoms with Gasteiger partial charge >= 0.3 is 0 Å². The van der Waals surface area contributed by atoms with Crippen molar-refractivity contribution in [2.45, 2.75) is 8.68 Å². The summed E-state index contributed by atoms with van der Waals surface area (Å²) >= 11 is 4.90. The smallest absolute Gasteiger partial charge is 0.175 e. The highest BCUT2D eigenvalue weighted by molar-refractivity contribution is 8.02. The molecule has 0 N–H and O–H groups in total. The van der Waals surface area contributed by atoms with Gasteiger partial charge in [0.1, 0.15) is 11.5 Å². The number of rotatable bonds is 7. The lowest BCUT2D eigenvalue weighted by Crippen LogP contribution is -1.99. The Morgan fingerprint density at radius 3 is 2.42 bits per heavy atom. The minimum atomic E-state index is 0.644. The van der Waals surface area contributed by atoms with Crippen molar-refractivity contribution < 1.29 is 9.47 Å². The van der Waals surface area contributed by atoms with E-state index in [4.69, 9.17) is 9.47 Å². The molecule has 0 aliphatic carbocycles. The van der Waals surface area contributed by atoms with Gasteiger partial charge in [0.25, 0.3) is 0 Å². The molecule has 0 aliphatic heterocycles. The molecular formula is C12H14N2O2S3. The lowest BCUT2D eigenvalue weighted by atomic mass is 10.3. The van der Waals surface area contributed by atoms with E-state index in [-0.39, 0.29) is 0 Å². The summed E-state index contributed by atoms with van der Waals surface area (Å²) in [7, 11) is 1.65. The Balaban J connectivity index is 1.71. The minimum Gasteiger partial charge on any atom is -0.497 e. The van der Waals surface area contributed by atoms with Crippen molar-refractivity contribution >= 4 is 34.9 Å². The van der Waals surface area contributed by atoms with Crippen LogP contribution in [0.15, 0.2) is 32.9 Å². The van der Waals surface area contributed by atoms with Gasteiger partial charge in [-0.3, -0.25) is 0 Å². The summed E-state index contributed by atoms with van der Waals surface area (Å²) in [6.07, 6.45) is 2.00. The van der Waals surface area contributed by atoms with Gasteiger partial charge in [0.2, 0.25) is 0 Å². The second-order valence-corrected chi connectivity index (χ2v) is 6.78. The monoisotopic (exact) mass is 314 g/mol. The van der Waals surface area contributed by atoms with Gasteiger partial charge in [-0.2, -0.15) is 0 Å². The number of ether oxygens (including phenoxy) is 2. The van der Waals surface area contributed by atoms with Crippen LogP contribution in [0.4, 0.5) is 0 Å². The third kappa shape index (κ3) is 4.59. The number of thioether (sulfide) groups is 2. The first-order valence-corrected chi connectivity index (χ1v) is 8.61. The van der Waals surface area contributed by atoms with Crippen LogP contribution in [0.5, 0.6) is 11.5 Å². The molecule has 19 heavy (non-hydrogen) atoms. The zero-order valence-electron chi connectivity index (χ0n) is 10.7. The third-order valence-corrected chi connectivity index (χ3v) is 5.20. The average Bonchev–Trinajstić information content (AvgIpc) is 2.92. The molecular weight excluding hydrogens is 300 g/mol. The van der Waals surface area contributed by atoms with Crippen LogP contribution in [-0.4, -0.2) is 35.9 Å². The number of methoxy groups -OCH3 is 1. The molecule has 7 heteroatoms. The normalized spacial score (nSPS) is 10.4. The topological polar surface area (TPSA) is 44.2 Å². The summed E-state index contributed by atoms with van der Waals surface area (Å²) in [5.74, 6) is 2.54. The van der Waals surface area contributed by atoms with Gasteiger partial charge in [0.15, 0.2) is 8.68 Å². The average molecular weight is 314 g/mol. The summed E-state index contributed by atoms with van der Waals surface area (Å²) in [5, 5.41) is 8.14. The standard InChI is InChI=1S/C12H14N2O2S3/c1-15-9-3-5-10(6-4-9)16-7-8-18-12-14-13-11(17-2)19-12/h3-6H,7-8H2,1-2H3. The van der Waals surface area contributed by atoms with Crippen molar-refractivity contribution in [3.8, 4) is 11.5 Å². The molecule has 0 spiro atoms. The van der Waals surface area contributed by atoms with Crippen molar-refractivity contribution in [2.24, 2.45) is 0 Å². The lowest BCUT2D eigenvalue weighted by Gasteiger charge is -2.05. The number of hydrogen-bond donors (Lipinski definition) is 0. The molecule has 0 atom stereocenters. The van der Waals surface area contributed by atoms with Crippen LogP contribution < -0.4 is 9.47 Å². The van der Waals surface area contributed by atoms with E-state index in [1.165, 1.54) is 0 Å². The molecule has 2 rings (SSSR count). The first kappa shape index (κ1) is 14.5. The van der Waals surface area contributed by atoms with Crippen molar-refractivity contribution in [1.29, 1.82) is 0 Å². The number of nitrogens with zero attached hydrogens (tertiary/aromatic N) is 2. The first-order chi connectivity index (χ1) is 9.31. The van der Waals surface area contributed by atoms with Crippen LogP contribution in [-0.2, 0) is 0 Å². The largest absolute Gasteiger partial charge is 0.497 e. The molecule has 1 aromatic heterocycles. The summed E-state index contributed by atoms with van der Waals surface area (Å²) in [6, 6.07) is 7.58. The molecule has 0 fully saturated rings. The van der Waals surface area contributed by atoms with E-state index in [2.05, 4.69) is 10.2 Å². The number of hydrogen-bond acceptors (Lipinski definition) is 7. The molecule has 4 nitrogen and oxygen atoms in total. The molecule has 0 amide bonds. The summed E-state index contributed by atoms with van der Waals surface area (Å²) in [5.41, 5.74) is 0. The molecule has 0 aliphatic rings. The van der Waals surface area contributed by atoms with Crippen molar-refractivity contribution in [1.82, 2.24) is 10.2 Å². The SMILES string of the molecule is COc1ccc(OCCSc2nnc(SC)s2)cc1. The molecule has 102 valence electrons. The predicted octanol–water partition coefficient (Wildman–Crippen LogP) is 3.44. The molecule has 0 bridgehead atoms. The molecule has 0 radical (unpaired) electrons. The van der Waals surface area contributed by atoms with Crippen LogP contribution in [0.2, 0.25) is 0 Å². The second kappa shape index (κ2) is 7.62. The van der Waals surface area contributed by atoms with Crippen LogP contribution in [0.25, 0.3) is 0 Å². The molecule has 1 heterocycles. The van der Waals surface area contributed by atoms with Crippen molar-refractivity contribution in [2.75, 3.05) is 25.7 Å². The van der Waals surface area contributed by atoms with Gasteiger partial charge in [0, 0.05) is 5.75 Å². The zero-order valence-corrected chi connectivity index (χ0v) is 13.1. The fraction of sp³-hybridized carbons (Fsp3) is 0.333. The minimum absolute atomic E-state index is 0.644. The van der Waals surface area contributed by atoms with E-state index in [0.29, 0.717) is 6.61 Å². The fourth-order valence-corrected chi connectivity index (χ4v) is 3.62. The molecule has 0 unspecified atom stereocenters. The Hall–Kier alpha value is -0.920. The van der Waals surface area contributed by atoms with E-state index < -0.39 is 0 Å². The van der Waals surface area contributed by atoms with Gasteiger partial charge in [0.05, 0.1) is 13.7 Å². The van der Waals surface area contributed by atoms with Gasteiger partial charge in [-0.05, 0) is 30.5 Å². The van der Waals surface area contributed by atoms with E-state index in [9.17, 15) is 0 Å². The number of aromatic nitrogens is 2. The maximum atomic E-state index is 5.64. The third-order valence-electron chi connectivity index (χ3n) is 2.20. The molecule has 0 saturated carbocycles. The van der Waals surface area contributed by atoms with E-state index >= 15 is 0 Å². The van der Waals surface area contributed by atoms with Gasteiger partial charge in [-0.15, -0.1) is 10.2 Å². The quantitative estimate of drug-likeness (QED) is 0.576. The summed E-state index contributed by atoms with van der Waals surface area (Å²) < 4.78 is 12.7. The van der Waals surface area contributed by atoms with E-state index in [1.54, 1.807) is 42.0 Å². The molecule has 1 aromatic carbocycles. The number of benzene rings is 1. The molecule has 2 aromatic rings. The summed E-state index contributed by atoms with van der Waals surface area (Å²) in [6.45, 7) is 0.644. The van der Waals surface area contributed by atoms with Crippen LogP contribution in [0.3, 0.4) is 0 Å². The highest BCUT2D eigenvalue weighted by Gasteiger charge is 2.03. The second-order valence-electron chi connectivity index (χ2n) is 3.41.